The van der Waals surface area contributed by atoms with Crippen LogP contribution in [0.5, 0.6) is 23.0 Å². The summed E-state index contributed by atoms with van der Waals surface area (Å²) in [6, 6.07) is 5.15. The van der Waals surface area contributed by atoms with Crippen molar-refractivity contribution in [3.8, 4) is 34.3 Å². The lowest BCUT2D eigenvalue weighted by atomic mass is 10.1. The van der Waals surface area contributed by atoms with E-state index in [1.165, 1.54) is 14.2 Å². The molecule has 1 aromatic heterocycles. The lowest BCUT2D eigenvalue weighted by Gasteiger charge is -2.20. The molecule has 0 spiro atoms. The van der Waals surface area contributed by atoms with Crippen LogP contribution < -0.4 is 18.6 Å². The third-order valence-electron chi connectivity index (χ3n) is 3.79. The molecule has 2 rings (SSSR count). The molecule has 0 aliphatic carbocycles. The molecule has 0 aliphatic rings. The van der Waals surface area contributed by atoms with E-state index in [1.54, 1.807) is 18.2 Å². The third-order valence-corrected chi connectivity index (χ3v) is 5.92. The number of alkyl halides is 1. The van der Waals surface area contributed by atoms with Crippen LogP contribution in [0.4, 0.5) is 0 Å². The van der Waals surface area contributed by atoms with Crippen LogP contribution in [0.25, 0.3) is 11.3 Å². The van der Waals surface area contributed by atoms with Crippen LogP contribution in [-0.4, -0.2) is 42.9 Å². The Labute approximate surface area is 182 Å². The number of aromatic hydroxyl groups is 1. The fraction of sp³-hybridized carbons (Fsp3) is 0.444. The highest BCUT2D eigenvalue weighted by Gasteiger charge is 2.31. The van der Waals surface area contributed by atoms with Gasteiger partial charge in [-0.1, -0.05) is 15.9 Å². The molecule has 0 radical (unpaired) electrons. The maximum absolute atomic E-state index is 10.9. The van der Waals surface area contributed by atoms with Crippen LogP contribution in [0.2, 0.25) is 19.6 Å². The molecule has 11 heteroatoms. The first-order chi connectivity index (χ1) is 13.6. The number of benzene rings is 1. The first-order valence-corrected chi connectivity index (χ1v) is 14.2. The normalized spacial score (nSPS) is 13.8. The van der Waals surface area contributed by atoms with Gasteiger partial charge in [0.25, 0.3) is 0 Å². The van der Waals surface area contributed by atoms with Gasteiger partial charge in [-0.2, -0.15) is 0 Å². The summed E-state index contributed by atoms with van der Waals surface area (Å²) in [5, 5.41) is 10.9. The first kappa shape index (κ1) is 23.7. The van der Waals surface area contributed by atoms with Crippen molar-refractivity contribution in [3.63, 3.8) is 0 Å². The van der Waals surface area contributed by atoms with Crippen LogP contribution in [0.1, 0.15) is 17.0 Å². The molecule has 2 N–H and O–H groups in total. The van der Waals surface area contributed by atoms with Gasteiger partial charge in [0, 0.05) is 29.4 Å². The van der Waals surface area contributed by atoms with Crippen molar-refractivity contribution in [3.05, 3.63) is 24.0 Å². The summed E-state index contributed by atoms with van der Waals surface area (Å²) in [6.45, 7) is 6.16. The molecule has 0 aliphatic heterocycles. The summed E-state index contributed by atoms with van der Waals surface area (Å²) in [4.78, 5) is -0.378. The second-order valence-corrected chi connectivity index (χ2v) is 13.5. The number of hydrogen-bond acceptors (Lipinski definition) is 7. The van der Waals surface area contributed by atoms with Gasteiger partial charge in [-0.05, 0) is 38.2 Å². The molecule has 0 bridgehead atoms. The summed E-state index contributed by atoms with van der Waals surface area (Å²) in [6.07, 6.45) is 0.393. The topological polar surface area (TPSA) is 113 Å². The molecule has 1 heterocycles. The molecule has 162 valence electrons. The molecule has 8 nitrogen and oxygen atoms in total. The van der Waals surface area contributed by atoms with E-state index >= 15 is 0 Å². The second-order valence-electron chi connectivity index (χ2n) is 7.17. The van der Waals surface area contributed by atoms with Crippen LogP contribution in [-0.2, 0) is 11.3 Å². The van der Waals surface area contributed by atoms with E-state index in [4.69, 9.17) is 18.3 Å². The Bertz CT molecular complexity index is 846. The Morgan fingerprint density at radius 2 is 1.83 bits per heavy atom. The largest absolute Gasteiger partial charge is 0.760 e. The fourth-order valence-corrected chi connectivity index (χ4v) is 4.19. The van der Waals surface area contributed by atoms with Crippen molar-refractivity contribution in [1.29, 1.82) is 0 Å². The zero-order valence-electron chi connectivity index (χ0n) is 16.9. The van der Waals surface area contributed by atoms with E-state index in [1.807, 2.05) is 19.6 Å². The molecular formula is C18H25BrNO7SSi-. The average Bonchev–Trinajstić information content (AvgIpc) is 2.96. The molecule has 2 aromatic rings. The zero-order valence-corrected chi connectivity index (χ0v) is 20.3. The lowest BCUT2D eigenvalue weighted by molar-refractivity contribution is 0.394. The fourth-order valence-electron chi connectivity index (χ4n) is 2.57. The lowest BCUT2D eigenvalue weighted by Crippen LogP contribution is -2.29. The molecule has 0 saturated carbocycles. The van der Waals surface area contributed by atoms with E-state index in [-0.39, 0.29) is 28.6 Å². The number of ether oxygens (including phenoxy) is 2. The Hall–Kier alpha value is -1.53. The molecule has 2 atom stereocenters. The van der Waals surface area contributed by atoms with Gasteiger partial charge in [0.15, 0.2) is 17.3 Å². The average molecular weight is 507 g/mol. The summed E-state index contributed by atoms with van der Waals surface area (Å²) < 4.78 is 46.4. The van der Waals surface area contributed by atoms with Crippen LogP contribution in [0.15, 0.2) is 22.6 Å². The molecular weight excluding hydrogens is 482 g/mol. The number of halogens is 1. The van der Waals surface area contributed by atoms with Gasteiger partial charge < -0.3 is 28.0 Å². The van der Waals surface area contributed by atoms with Crippen molar-refractivity contribution >= 4 is 35.5 Å². The Morgan fingerprint density at radius 3 is 2.31 bits per heavy atom. The molecule has 29 heavy (non-hydrogen) atoms. The molecule has 2 unspecified atom stereocenters. The van der Waals surface area contributed by atoms with E-state index in [2.05, 4.69) is 20.7 Å². The van der Waals surface area contributed by atoms with E-state index < -0.39 is 19.6 Å². The minimum Gasteiger partial charge on any atom is -0.760 e. The summed E-state index contributed by atoms with van der Waals surface area (Å²) >= 11 is 1.16. The van der Waals surface area contributed by atoms with E-state index in [0.29, 0.717) is 29.2 Å². The number of nitrogens with one attached hydrogen (secondary N) is 1. The van der Waals surface area contributed by atoms with Gasteiger partial charge in [0.2, 0.25) is 14.1 Å². The van der Waals surface area contributed by atoms with Crippen molar-refractivity contribution in [2.24, 2.45) is 0 Å². The highest BCUT2D eigenvalue weighted by Crippen LogP contribution is 2.49. The summed E-state index contributed by atoms with van der Waals surface area (Å²) in [5.41, 5.74) is 0.559. The van der Waals surface area contributed by atoms with Crippen LogP contribution in [0.3, 0.4) is 0 Å². The van der Waals surface area contributed by atoms with Crippen LogP contribution in [0, 0.1) is 0 Å². The van der Waals surface area contributed by atoms with Crippen LogP contribution >= 0.6 is 15.9 Å². The molecule has 0 amide bonds. The maximum Gasteiger partial charge on any atom is 0.242 e. The van der Waals surface area contributed by atoms with Gasteiger partial charge >= 0.3 is 0 Å². The number of furan rings is 1. The molecule has 0 fully saturated rings. The van der Waals surface area contributed by atoms with Gasteiger partial charge in [0.05, 0.1) is 19.0 Å². The van der Waals surface area contributed by atoms with Crippen molar-refractivity contribution < 1.29 is 32.2 Å². The van der Waals surface area contributed by atoms with E-state index in [0.717, 1.165) is 0 Å². The minimum atomic E-state index is -2.35. The Balaban J connectivity index is 2.50. The highest BCUT2D eigenvalue weighted by atomic mass is 79.9. The standard InChI is InChI=1S/C18H26BrNO7SSi/c1-24-12-8-11(9-13(10-12)25-2)16-15(21)18(27-29(3,4)5)17(26-16)14(19)6-7-20-28(22)23/h8-10,14,20-21H,6-7H2,1-5H3,(H,22,23)/p-1. The van der Waals surface area contributed by atoms with Gasteiger partial charge in [-0.3, -0.25) is 4.21 Å². The first-order valence-electron chi connectivity index (χ1n) is 8.80. The van der Waals surface area contributed by atoms with Crippen molar-refractivity contribution in [1.82, 2.24) is 4.72 Å². The van der Waals surface area contributed by atoms with Gasteiger partial charge in [-0.15, -0.1) is 0 Å². The summed E-state index contributed by atoms with van der Waals surface area (Å²) in [7, 11) is 0.986. The number of methoxy groups -OCH3 is 2. The monoisotopic (exact) mass is 506 g/mol. The predicted molar refractivity (Wildman–Crippen MR) is 116 cm³/mol. The zero-order chi connectivity index (χ0) is 21.8. The van der Waals surface area contributed by atoms with Gasteiger partial charge in [-0.25, -0.2) is 4.72 Å². The Morgan fingerprint density at radius 1 is 1.24 bits per heavy atom. The van der Waals surface area contributed by atoms with E-state index in [9.17, 15) is 13.9 Å². The smallest absolute Gasteiger partial charge is 0.242 e. The predicted octanol–water partition coefficient (Wildman–Crippen LogP) is 4.09. The minimum absolute atomic E-state index is 0.123. The number of rotatable bonds is 10. The Kier molecular flexibility index (Phi) is 8.17. The SMILES string of the molecule is COc1cc(OC)cc(-c2oc(C(Br)CCNS(=O)[O-])c(O[Si](C)(C)C)c2O)c1. The quantitative estimate of drug-likeness (QED) is 0.283. The second kappa shape index (κ2) is 9.98. The van der Waals surface area contributed by atoms with Crippen molar-refractivity contribution in [2.75, 3.05) is 20.8 Å². The summed E-state index contributed by atoms with van der Waals surface area (Å²) in [5.74, 6) is 1.83. The third kappa shape index (κ3) is 6.47. The highest BCUT2D eigenvalue weighted by molar-refractivity contribution is 9.09. The maximum atomic E-state index is 10.9. The van der Waals surface area contributed by atoms with Gasteiger partial charge in [0.1, 0.15) is 11.5 Å². The van der Waals surface area contributed by atoms with Crippen molar-refractivity contribution in [2.45, 2.75) is 30.9 Å². The molecule has 1 aromatic carbocycles. The molecule has 0 saturated heterocycles. The number of hydrogen-bond donors (Lipinski definition) is 2.